The largest absolute Gasteiger partial charge is 0.383 e. The van der Waals surface area contributed by atoms with Gasteiger partial charge in [0, 0.05) is 32.9 Å². The molecule has 0 aromatic carbocycles. The number of nitrogens with one attached hydrogen (secondary N) is 2. The van der Waals surface area contributed by atoms with Crippen molar-refractivity contribution in [3.05, 3.63) is 18.0 Å². The van der Waals surface area contributed by atoms with E-state index < -0.39 is 0 Å². The summed E-state index contributed by atoms with van der Waals surface area (Å²) in [6, 6.07) is 1.75. The summed E-state index contributed by atoms with van der Waals surface area (Å²) in [5.74, 6) is -0.0268. The van der Waals surface area contributed by atoms with Crippen LogP contribution in [0.25, 0.3) is 0 Å². The summed E-state index contributed by atoms with van der Waals surface area (Å²) in [5, 5.41) is 10.1. The number of methoxy groups -OCH3 is 1. The Bertz CT molecular complexity index is 378. The molecule has 0 aliphatic heterocycles. The number of ether oxygens (including phenoxy) is 1. The summed E-state index contributed by atoms with van der Waals surface area (Å²) in [4.78, 5) is 11.8. The van der Waals surface area contributed by atoms with Gasteiger partial charge < -0.3 is 10.1 Å². The number of hydrogen-bond acceptors (Lipinski definition) is 4. The summed E-state index contributed by atoms with van der Waals surface area (Å²) >= 11 is 0. The molecule has 1 rings (SSSR count). The van der Waals surface area contributed by atoms with Crippen LogP contribution in [0.1, 0.15) is 25.6 Å². The molecule has 6 nitrogen and oxygen atoms in total. The first kappa shape index (κ1) is 14.7. The smallest absolute Gasteiger partial charge is 0.236 e. The van der Waals surface area contributed by atoms with E-state index in [0.29, 0.717) is 13.2 Å². The predicted octanol–water partition coefficient (Wildman–Crippen LogP) is 0.222. The summed E-state index contributed by atoms with van der Waals surface area (Å²) < 4.78 is 6.68. The lowest BCUT2D eigenvalue weighted by Gasteiger charge is -2.19. The third kappa shape index (κ3) is 4.12. The summed E-state index contributed by atoms with van der Waals surface area (Å²) in [6.07, 6.45) is 1.75. The molecule has 0 saturated carbocycles. The molecule has 0 fully saturated rings. The van der Waals surface area contributed by atoms with Gasteiger partial charge in [0.25, 0.3) is 0 Å². The molecule has 0 aliphatic carbocycles. The van der Waals surface area contributed by atoms with Crippen LogP contribution in [0, 0.1) is 0 Å². The topological polar surface area (TPSA) is 68.2 Å². The molecule has 0 saturated heterocycles. The third-order valence-electron chi connectivity index (χ3n) is 2.80. The van der Waals surface area contributed by atoms with E-state index in [1.165, 1.54) is 0 Å². The van der Waals surface area contributed by atoms with Crippen molar-refractivity contribution in [3.63, 3.8) is 0 Å². The molecule has 1 aromatic rings. The zero-order valence-electron chi connectivity index (χ0n) is 11.4. The molecule has 1 heterocycles. The molecule has 1 aromatic heterocycles. The fourth-order valence-electron chi connectivity index (χ4n) is 1.77. The van der Waals surface area contributed by atoms with Gasteiger partial charge in [-0.3, -0.25) is 14.8 Å². The van der Waals surface area contributed by atoms with Crippen molar-refractivity contribution in [2.24, 2.45) is 7.05 Å². The molecule has 1 amide bonds. The van der Waals surface area contributed by atoms with Crippen LogP contribution in [-0.4, -0.2) is 42.0 Å². The van der Waals surface area contributed by atoms with E-state index in [-0.39, 0.29) is 18.0 Å². The minimum Gasteiger partial charge on any atom is -0.383 e. The highest BCUT2D eigenvalue weighted by molar-refractivity contribution is 5.81. The predicted molar refractivity (Wildman–Crippen MR) is 69.1 cm³/mol. The molecule has 2 N–H and O–H groups in total. The van der Waals surface area contributed by atoms with Gasteiger partial charge in [-0.1, -0.05) is 0 Å². The Balaban J connectivity index is 2.42. The van der Waals surface area contributed by atoms with Crippen LogP contribution >= 0.6 is 0 Å². The number of rotatable bonds is 7. The lowest BCUT2D eigenvalue weighted by molar-refractivity contribution is -0.123. The van der Waals surface area contributed by atoms with Crippen molar-refractivity contribution in [1.82, 2.24) is 20.4 Å². The number of carbonyl (C=O) groups is 1. The van der Waals surface area contributed by atoms with Gasteiger partial charge in [0.1, 0.15) is 0 Å². The molecule has 0 spiro atoms. The molecule has 18 heavy (non-hydrogen) atoms. The summed E-state index contributed by atoms with van der Waals surface area (Å²) in [7, 11) is 3.50. The average molecular weight is 254 g/mol. The van der Waals surface area contributed by atoms with E-state index in [1.54, 1.807) is 18.0 Å². The molecule has 2 atom stereocenters. The van der Waals surface area contributed by atoms with Gasteiger partial charge in [-0.15, -0.1) is 0 Å². The highest BCUT2D eigenvalue weighted by atomic mass is 16.5. The van der Waals surface area contributed by atoms with Crippen LogP contribution in [0.4, 0.5) is 0 Å². The Kier molecular flexibility index (Phi) is 5.80. The minimum atomic E-state index is -0.258. The first-order valence-electron chi connectivity index (χ1n) is 6.07. The maximum Gasteiger partial charge on any atom is 0.236 e. The Morgan fingerprint density at radius 2 is 2.28 bits per heavy atom. The van der Waals surface area contributed by atoms with Crippen molar-refractivity contribution in [2.45, 2.75) is 25.9 Å². The molecule has 102 valence electrons. The van der Waals surface area contributed by atoms with Gasteiger partial charge >= 0.3 is 0 Å². The average Bonchev–Trinajstić information content (AvgIpc) is 2.75. The summed E-state index contributed by atoms with van der Waals surface area (Å²) in [5.41, 5.74) is 1.05. The fraction of sp³-hybridized carbons (Fsp3) is 0.667. The standard InChI is InChI=1S/C12H22N4O2/c1-9(11-5-6-14-16(11)3)15-10(2)12(17)13-7-8-18-4/h5-6,9-10,15H,7-8H2,1-4H3,(H,13,17). The zero-order valence-corrected chi connectivity index (χ0v) is 11.4. The van der Waals surface area contributed by atoms with Crippen molar-refractivity contribution in [1.29, 1.82) is 0 Å². The maximum atomic E-state index is 11.8. The first-order chi connectivity index (χ1) is 8.56. The number of carbonyl (C=O) groups excluding carboxylic acids is 1. The summed E-state index contributed by atoms with van der Waals surface area (Å²) in [6.45, 7) is 4.90. The number of aryl methyl sites for hydroxylation is 1. The molecule has 6 heteroatoms. The van der Waals surface area contributed by atoms with E-state index in [0.717, 1.165) is 5.69 Å². The Hall–Kier alpha value is -1.40. The number of nitrogens with zero attached hydrogens (tertiary/aromatic N) is 2. The lowest BCUT2D eigenvalue weighted by atomic mass is 10.2. The quantitative estimate of drug-likeness (QED) is 0.683. The highest BCUT2D eigenvalue weighted by Gasteiger charge is 2.17. The van der Waals surface area contributed by atoms with E-state index >= 15 is 0 Å². The number of hydrogen-bond donors (Lipinski definition) is 2. The number of amides is 1. The van der Waals surface area contributed by atoms with Crippen LogP contribution < -0.4 is 10.6 Å². The van der Waals surface area contributed by atoms with Crippen LogP contribution in [0.3, 0.4) is 0 Å². The van der Waals surface area contributed by atoms with Crippen molar-refractivity contribution in [3.8, 4) is 0 Å². The first-order valence-corrected chi connectivity index (χ1v) is 6.07. The monoisotopic (exact) mass is 254 g/mol. The van der Waals surface area contributed by atoms with Crippen molar-refractivity contribution >= 4 is 5.91 Å². The zero-order chi connectivity index (χ0) is 13.5. The van der Waals surface area contributed by atoms with E-state index in [2.05, 4.69) is 15.7 Å². The van der Waals surface area contributed by atoms with Gasteiger partial charge in [-0.05, 0) is 19.9 Å². The van der Waals surface area contributed by atoms with E-state index in [1.807, 2.05) is 27.0 Å². The normalized spacial score (nSPS) is 14.2. The molecular weight excluding hydrogens is 232 g/mol. The second kappa shape index (κ2) is 7.13. The highest BCUT2D eigenvalue weighted by Crippen LogP contribution is 2.10. The van der Waals surface area contributed by atoms with Gasteiger partial charge in [0.2, 0.25) is 5.91 Å². The Morgan fingerprint density at radius 1 is 1.56 bits per heavy atom. The SMILES string of the molecule is COCCNC(=O)C(C)NC(C)c1ccnn1C. The van der Waals surface area contributed by atoms with Gasteiger partial charge in [0.15, 0.2) is 0 Å². The molecule has 0 radical (unpaired) electrons. The van der Waals surface area contributed by atoms with Crippen LogP contribution in [0.5, 0.6) is 0 Å². The molecular formula is C12H22N4O2. The van der Waals surface area contributed by atoms with Gasteiger partial charge in [-0.25, -0.2) is 0 Å². The minimum absolute atomic E-state index is 0.0268. The van der Waals surface area contributed by atoms with Gasteiger partial charge in [-0.2, -0.15) is 5.10 Å². The third-order valence-corrected chi connectivity index (χ3v) is 2.80. The Morgan fingerprint density at radius 3 is 2.83 bits per heavy atom. The van der Waals surface area contributed by atoms with Crippen molar-refractivity contribution in [2.75, 3.05) is 20.3 Å². The van der Waals surface area contributed by atoms with Crippen LogP contribution in [0.2, 0.25) is 0 Å². The molecule has 2 unspecified atom stereocenters. The Labute approximate surface area is 108 Å². The second-order valence-electron chi connectivity index (χ2n) is 4.27. The van der Waals surface area contributed by atoms with Crippen molar-refractivity contribution < 1.29 is 9.53 Å². The van der Waals surface area contributed by atoms with E-state index in [4.69, 9.17) is 4.74 Å². The van der Waals surface area contributed by atoms with Crippen LogP contribution in [0.15, 0.2) is 12.3 Å². The van der Waals surface area contributed by atoms with Gasteiger partial charge in [0.05, 0.1) is 18.3 Å². The molecule has 0 aliphatic rings. The lowest BCUT2D eigenvalue weighted by Crippen LogP contribution is -2.44. The van der Waals surface area contributed by atoms with Crippen LogP contribution in [-0.2, 0) is 16.6 Å². The fourth-order valence-corrected chi connectivity index (χ4v) is 1.77. The maximum absolute atomic E-state index is 11.8. The second-order valence-corrected chi connectivity index (χ2v) is 4.27. The van der Waals surface area contributed by atoms with E-state index in [9.17, 15) is 4.79 Å². The molecule has 0 bridgehead atoms. The number of aromatic nitrogens is 2.